The number of hydrogen-bond acceptors (Lipinski definition) is 4. The molecule has 1 heterocycles. The fourth-order valence-electron chi connectivity index (χ4n) is 3.84. The van der Waals surface area contributed by atoms with Crippen molar-refractivity contribution >= 4 is 27.3 Å². The van der Waals surface area contributed by atoms with E-state index in [4.69, 9.17) is 0 Å². The molecule has 0 N–H and O–H groups in total. The molecule has 0 bridgehead atoms. The van der Waals surface area contributed by atoms with Gasteiger partial charge in [0, 0.05) is 24.8 Å². The Morgan fingerprint density at radius 3 is 2.23 bits per heavy atom. The topological polar surface area (TPSA) is 74.8 Å². The van der Waals surface area contributed by atoms with Crippen molar-refractivity contribution in [3.63, 3.8) is 0 Å². The molecule has 3 unspecified atom stereocenters. The Kier molecular flexibility index (Phi) is 5.37. The number of hydrogen-bond donors (Lipinski definition) is 0. The van der Waals surface area contributed by atoms with Gasteiger partial charge in [-0.1, -0.05) is 18.2 Å². The fourth-order valence-corrected chi connectivity index (χ4v) is 5.57. The van der Waals surface area contributed by atoms with Crippen LogP contribution in [-0.2, 0) is 19.4 Å². The van der Waals surface area contributed by atoms with Crippen molar-refractivity contribution < 1.29 is 18.0 Å². The SMILES string of the molecule is CCN(C(=O)C1CC1C(=O)N(CC)C1CCS(=O)(=O)C1)c1ccccc1. The van der Waals surface area contributed by atoms with Gasteiger partial charge in [-0.3, -0.25) is 9.59 Å². The van der Waals surface area contributed by atoms with Crippen molar-refractivity contribution in [1.82, 2.24) is 4.90 Å². The summed E-state index contributed by atoms with van der Waals surface area (Å²) in [6, 6.07) is 9.22. The minimum Gasteiger partial charge on any atom is -0.339 e. The number of sulfone groups is 1. The number of para-hydroxylation sites is 1. The summed E-state index contributed by atoms with van der Waals surface area (Å²) in [6.07, 6.45) is 1.05. The number of benzene rings is 1. The molecule has 1 aromatic rings. The van der Waals surface area contributed by atoms with Crippen LogP contribution < -0.4 is 4.90 Å². The zero-order chi connectivity index (χ0) is 18.9. The molecule has 6 nitrogen and oxygen atoms in total. The number of carbonyl (C=O) groups excluding carboxylic acids is 2. The van der Waals surface area contributed by atoms with Crippen molar-refractivity contribution in [1.29, 1.82) is 0 Å². The van der Waals surface area contributed by atoms with Crippen molar-refractivity contribution in [3.8, 4) is 0 Å². The first-order chi connectivity index (χ1) is 12.4. The predicted octanol–water partition coefficient (Wildman–Crippen LogP) is 1.71. The van der Waals surface area contributed by atoms with Crippen LogP contribution >= 0.6 is 0 Å². The molecule has 0 radical (unpaired) electrons. The van der Waals surface area contributed by atoms with Crippen LogP contribution in [0.15, 0.2) is 30.3 Å². The highest BCUT2D eigenvalue weighted by Gasteiger charge is 2.52. The van der Waals surface area contributed by atoms with Gasteiger partial charge in [-0.25, -0.2) is 8.42 Å². The molecule has 1 aliphatic heterocycles. The van der Waals surface area contributed by atoms with Gasteiger partial charge in [-0.15, -0.1) is 0 Å². The average Bonchev–Trinajstić information content (AvgIpc) is 3.35. The number of anilines is 1. The van der Waals surface area contributed by atoms with Crippen molar-refractivity contribution in [2.75, 3.05) is 29.5 Å². The van der Waals surface area contributed by atoms with Gasteiger partial charge in [-0.05, 0) is 38.8 Å². The lowest BCUT2D eigenvalue weighted by Crippen LogP contribution is -2.43. The van der Waals surface area contributed by atoms with E-state index in [2.05, 4.69) is 0 Å². The first-order valence-electron chi connectivity index (χ1n) is 9.25. The Morgan fingerprint density at radius 1 is 1.04 bits per heavy atom. The second-order valence-corrected chi connectivity index (χ2v) is 9.28. The standard InChI is InChI=1S/C19H26N2O4S/c1-3-20(14-8-6-5-7-9-14)18(22)16-12-17(16)19(23)21(4-2)15-10-11-26(24,25)13-15/h5-9,15-17H,3-4,10-13H2,1-2H3. The molecule has 3 atom stereocenters. The summed E-state index contributed by atoms with van der Waals surface area (Å²) >= 11 is 0. The van der Waals surface area contributed by atoms with E-state index in [1.54, 1.807) is 9.80 Å². The Balaban J connectivity index is 1.66. The molecule has 1 aromatic carbocycles. The van der Waals surface area contributed by atoms with Gasteiger partial charge >= 0.3 is 0 Å². The number of carbonyl (C=O) groups is 2. The molecule has 3 rings (SSSR count). The summed E-state index contributed by atoms with van der Waals surface area (Å²) in [5.41, 5.74) is 0.840. The smallest absolute Gasteiger partial charge is 0.230 e. The highest BCUT2D eigenvalue weighted by Crippen LogP contribution is 2.42. The third kappa shape index (κ3) is 3.77. The van der Waals surface area contributed by atoms with Gasteiger partial charge < -0.3 is 9.80 Å². The van der Waals surface area contributed by atoms with Crippen LogP contribution in [-0.4, -0.2) is 55.8 Å². The van der Waals surface area contributed by atoms with Crippen molar-refractivity contribution in [2.24, 2.45) is 11.8 Å². The van der Waals surface area contributed by atoms with Gasteiger partial charge in [-0.2, -0.15) is 0 Å². The second-order valence-electron chi connectivity index (χ2n) is 7.05. The summed E-state index contributed by atoms with van der Waals surface area (Å²) in [5, 5.41) is 0. The van der Waals surface area contributed by atoms with E-state index >= 15 is 0 Å². The number of rotatable bonds is 6. The maximum absolute atomic E-state index is 12.9. The van der Waals surface area contributed by atoms with E-state index in [9.17, 15) is 18.0 Å². The van der Waals surface area contributed by atoms with E-state index in [1.165, 1.54) is 0 Å². The molecule has 1 aliphatic carbocycles. The third-order valence-corrected chi connectivity index (χ3v) is 7.10. The Bertz CT molecular complexity index is 778. The van der Waals surface area contributed by atoms with Crippen LogP contribution in [0.4, 0.5) is 5.69 Å². The zero-order valence-corrected chi connectivity index (χ0v) is 16.1. The Morgan fingerprint density at radius 2 is 1.69 bits per heavy atom. The van der Waals surface area contributed by atoms with Crippen LogP contribution in [0.25, 0.3) is 0 Å². The first kappa shape index (κ1) is 18.9. The molecule has 142 valence electrons. The van der Waals surface area contributed by atoms with Crippen LogP contribution in [0.3, 0.4) is 0 Å². The lowest BCUT2D eigenvalue weighted by atomic mass is 10.1. The third-order valence-electron chi connectivity index (χ3n) is 5.35. The molecule has 7 heteroatoms. The van der Waals surface area contributed by atoms with Gasteiger partial charge in [0.2, 0.25) is 11.8 Å². The minimum atomic E-state index is -3.04. The van der Waals surface area contributed by atoms with Crippen LogP contribution in [0, 0.1) is 11.8 Å². The maximum atomic E-state index is 12.9. The van der Waals surface area contributed by atoms with E-state index in [1.807, 2.05) is 44.2 Å². The summed E-state index contributed by atoms with van der Waals surface area (Å²) in [7, 11) is -3.04. The van der Waals surface area contributed by atoms with Crippen molar-refractivity contribution in [2.45, 2.75) is 32.7 Å². The number of amides is 2. The zero-order valence-electron chi connectivity index (χ0n) is 15.3. The monoisotopic (exact) mass is 378 g/mol. The second kappa shape index (κ2) is 7.39. The molecule has 2 aliphatic rings. The van der Waals surface area contributed by atoms with E-state index in [-0.39, 0.29) is 41.2 Å². The van der Waals surface area contributed by atoms with E-state index < -0.39 is 9.84 Å². The summed E-state index contributed by atoms with van der Waals surface area (Å²) < 4.78 is 23.5. The van der Waals surface area contributed by atoms with Crippen LogP contribution in [0.1, 0.15) is 26.7 Å². The van der Waals surface area contributed by atoms with Crippen molar-refractivity contribution in [3.05, 3.63) is 30.3 Å². The summed E-state index contributed by atoms with van der Waals surface area (Å²) in [5.74, 6) is -0.516. The average molecular weight is 378 g/mol. The molecule has 2 amide bonds. The predicted molar refractivity (Wildman–Crippen MR) is 101 cm³/mol. The molecule has 0 aromatic heterocycles. The van der Waals surface area contributed by atoms with Gasteiger partial charge in [0.1, 0.15) is 0 Å². The lowest BCUT2D eigenvalue weighted by Gasteiger charge is -2.27. The lowest BCUT2D eigenvalue weighted by molar-refractivity contribution is -0.135. The first-order valence-corrected chi connectivity index (χ1v) is 11.1. The number of nitrogens with zero attached hydrogens (tertiary/aromatic N) is 2. The Labute approximate surface area is 155 Å². The molecule has 26 heavy (non-hydrogen) atoms. The maximum Gasteiger partial charge on any atom is 0.230 e. The van der Waals surface area contributed by atoms with Gasteiger partial charge in [0.05, 0.1) is 23.3 Å². The van der Waals surface area contributed by atoms with E-state index in [0.717, 1.165) is 5.69 Å². The van der Waals surface area contributed by atoms with Gasteiger partial charge in [0.15, 0.2) is 9.84 Å². The minimum absolute atomic E-state index is 0.0212. The summed E-state index contributed by atoms with van der Waals surface area (Å²) in [6.45, 7) is 4.82. The Hall–Kier alpha value is -1.89. The highest BCUT2D eigenvalue weighted by molar-refractivity contribution is 7.91. The largest absolute Gasteiger partial charge is 0.339 e. The summed E-state index contributed by atoms with van der Waals surface area (Å²) in [4.78, 5) is 29.1. The normalized spacial score (nSPS) is 26.3. The molecular weight excluding hydrogens is 352 g/mol. The molecule has 2 fully saturated rings. The quantitative estimate of drug-likeness (QED) is 0.755. The highest BCUT2D eigenvalue weighted by atomic mass is 32.2. The molecule has 1 saturated carbocycles. The fraction of sp³-hybridized carbons (Fsp3) is 0.579. The molecular formula is C19H26N2O4S. The molecule has 1 saturated heterocycles. The van der Waals surface area contributed by atoms with E-state index in [0.29, 0.717) is 25.9 Å². The molecule has 0 spiro atoms. The van der Waals surface area contributed by atoms with Crippen LogP contribution in [0.2, 0.25) is 0 Å². The van der Waals surface area contributed by atoms with Crippen LogP contribution in [0.5, 0.6) is 0 Å². The van der Waals surface area contributed by atoms with Gasteiger partial charge in [0.25, 0.3) is 0 Å².